The molecule has 2 aromatic heterocycles. The van der Waals surface area contributed by atoms with Gasteiger partial charge in [0.1, 0.15) is 5.52 Å². The van der Waals surface area contributed by atoms with Crippen molar-refractivity contribution in [3.8, 4) is 0 Å². The standard InChI is InChI=1S/C16H15Cl2N3O/c1-3-10-6-11(7-19-9(10)2)20-8-14-21-15-12(17)4-5-13(18)16(15)22-14/h4-7,20H,3,8H2,1-2H3. The first-order valence-electron chi connectivity index (χ1n) is 7.01. The van der Waals surface area contributed by atoms with Crippen LogP contribution in [-0.2, 0) is 13.0 Å². The summed E-state index contributed by atoms with van der Waals surface area (Å²) in [5.74, 6) is 0.531. The molecule has 0 saturated heterocycles. The zero-order chi connectivity index (χ0) is 15.7. The molecule has 0 unspecified atom stereocenters. The highest BCUT2D eigenvalue weighted by Gasteiger charge is 2.12. The molecule has 3 aromatic rings. The molecule has 3 rings (SSSR count). The van der Waals surface area contributed by atoms with Crippen molar-refractivity contribution in [1.82, 2.24) is 9.97 Å². The van der Waals surface area contributed by atoms with E-state index in [0.717, 1.165) is 17.8 Å². The van der Waals surface area contributed by atoms with Gasteiger partial charge in [0.15, 0.2) is 5.58 Å². The summed E-state index contributed by atoms with van der Waals surface area (Å²) in [6.07, 6.45) is 2.75. The van der Waals surface area contributed by atoms with Crippen LogP contribution >= 0.6 is 23.2 Å². The van der Waals surface area contributed by atoms with Crippen molar-refractivity contribution in [2.24, 2.45) is 0 Å². The lowest BCUT2D eigenvalue weighted by molar-refractivity contribution is 0.540. The molecule has 1 aromatic carbocycles. The second kappa shape index (κ2) is 6.15. The van der Waals surface area contributed by atoms with Crippen LogP contribution in [0.25, 0.3) is 11.1 Å². The molecular weight excluding hydrogens is 321 g/mol. The molecule has 4 nitrogen and oxygen atoms in total. The van der Waals surface area contributed by atoms with Gasteiger partial charge in [-0.15, -0.1) is 0 Å². The fraction of sp³-hybridized carbons (Fsp3) is 0.250. The number of nitrogens with one attached hydrogen (secondary N) is 1. The average molecular weight is 336 g/mol. The van der Waals surface area contributed by atoms with Crippen molar-refractivity contribution >= 4 is 40.0 Å². The van der Waals surface area contributed by atoms with Crippen LogP contribution in [-0.4, -0.2) is 9.97 Å². The minimum absolute atomic E-state index is 0.440. The molecule has 0 saturated carbocycles. The summed E-state index contributed by atoms with van der Waals surface area (Å²) in [5.41, 5.74) is 4.30. The smallest absolute Gasteiger partial charge is 0.214 e. The lowest BCUT2D eigenvalue weighted by Gasteiger charge is -2.07. The molecule has 0 spiro atoms. The third-order valence-electron chi connectivity index (χ3n) is 3.51. The molecule has 0 fully saturated rings. The van der Waals surface area contributed by atoms with Crippen molar-refractivity contribution in [2.45, 2.75) is 26.8 Å². The van der Waals surface area contributed by atoms with Gasteiger partial charge < -0.3 is 9.73 Å². The fourth-order valence-corrected chi connectivity index (χ4v) is 2.66. The van der Waals surface area contributed by atoms with Crippen molar-refractivity contribution in [3.05, 3.63) is 51.6 Å². The molecule has 0 aliphatic rings. The van der Waals surface area contributed by atoms with Gasteiger partial charge in [0.25, 0.3) is 0 Å². The quantitative estimate of drug-likeness (QED) is 0.727. The highest BCUT2D eigenvalue weighted by atomic mass is 35.5. The van der Waals surface area contributed by atoms with E-state index in [1.807, 2.05) is 6.92 Å². The number of aromatic nitrogens is 2. The van der Waals surface area contributed by atoms with Crippen molar-refractivity contribution in [3.63, 3.8) is 0 Å². The highest BCUT2D eigenvalue weighted by molar-refractivity contribution is 6.39. The van der Waals surface area contributed by atoms with Crippen LogP contribution < -0.4 is 5.32 Å². The Morgan fingerprint density at radius 2 is 2.00 bits per heavy atom. The van der Waals surface area contributed by atoms with Crippen molar-refractivity contribution in [2.75, 3.05) is 5.32 Å². The summed E-state index contributed by atoms with van der Waals surface area (Å²) in [7, 11) is 0. The summed E-state index contributed by atoms with van der Waals surface area (Å²) >= 11 is 12.2. The number of rotatable bonds is 4. The number of halogens is 2. The molecule has 114 valence electrons. The normalized spacial score (nSPS) is 11.1. The van der Waals surface area contributed by atoms with Crippen LogP contribution in [0.1, 0.15) is 24.1 Å². The van der Waals surface area contributed by atoms with Crippen LogP contribution in [0.3, 0.4) is 0 Å². The van der Waals surface area contributed by atoms with Gasteiger partial charge in [-0.1, -0.05) is 30.1 Å². The minimum atomic E-state index is 0.440. The summed E-state index contributed by atoms with van der Waals surface area (Å²) in [4.78, 5) is 8.76. The third kappa shape index (κ3) is 2.89. The van der Waals surface area contributed by atoms with Gasteiger partial charge in [0, 0.05) is 5.69 Å². The number of pyridine rings is 1. The number of aryl methyl sites for hydroxylation is 2. The Hall–Kier alpha value is -1.78. The van der Waals surface area contributed by atoms with E-state index in [1.165, 1.54) is 5.56 Å². The monoisotopic (exact) mass is 335 g/mol. The van der Waals surface area contributed by atoms with E-state index in [1.54, 1.807) is 18.3 Å². The molecule has 0 radical (unpaired) electrons. The first-order chi connectivity index (χ1) is 10.6. The van der Waals surface area contributed by atoms with E-state index in [-0.39, 0.29) is 0 Å². The van der Waals surface area contributed by atoms with E-state index < -0.39 is 0 Å². The summed E-state index contributed by atoms with van der Waals surface area (Å²) in [5, 5.41) is 4.29. The number of hydrogen-bond donors (Lipinski definition) is 1. The maximum absolute atomic E-state index is 6.10. The Kier molecular flexibility index (Phi) is 4.23. The Bertz CT molecular complexity index is 791. The Labute approximate surface area is 138 Å². The number of fused-ring (bicyclic) bond motifs is 1. The summed E-state index contributed by atoms with van der Waals surface area (Å²) in [6.45, 7) is 4.56. The van der Waals surface area contributed by atoms with Crippen LogP contribution in [0.5, 0.6) is 0 Å². The van der Waals surface area contributed by atoms with Crippen molar-refractivity contribution in [1.29, 1.82) is 0 Å². The Balaban J connectivity index is 1.82. The van der Waals surface area contributed by atoms with E-state index in [2.05, 4.69) is 28.3 Å². The summed E-state index contributed by atoms with van der Waals surface area (Å²) in [6, 6.07) is 5.50. The zero-order valence-corrected chi connectivity index (χ0v) is 13.8. The predicted octanol–water partition coefficient (Wildman–Crippen LogP) is 5.01. The Morgan fingerprint density at radius 3 is 2.73 bits per heavy atom. The molecular formula is C16H15Cl2N3O. The van der Waals surface area contributed by atoms with Gasteiger partial charge >= 0.3 is 0 Å². The van der Waals surface area contributed by atoms with Gasteiger partial charge in [0.2, 0.25) is 5.89 Å². The molecule has 0 bridgehead atoms. The lowest BCUT2D eigenvalue weighted by atomic mass is 10.1. The van der Waals surface area contributed by atoms with Gasteiger partial charge in [0.05, 0.1) is 28.5 Å². The minimum Gasteiger partial charge on any atom is -0.437 e. The molecule has 0 aliphatic heterocycles. The molecule has 0 amide bonds. The van der Waals surface area contributed by atoms with E-state index in [9.17, 15) is 0 Å². The van der Waals surface area contributed by atoms with E-state index in [0.29, 0.717) is 33.6 Å². The predicted molar refractivity (Wildman–Crippen MR) is 89.7 cm³/mol. The van der Waals surface area contributed by atoms with Crippen LogP contribution in [0.4, 0.5) is 5.69 Å². The zero-order valence-electron chi connectivity index (χ0n) is 12.3. The Morgan fingerprint density at radius 1 is 1.23 bits per heavy atom. The number of benzene rings is 1. The topological polar surface area (TPSA) is 51.0 Å². The lowest BCUT2D eigenvalue weighted by Crippen LogP contribution is -2.02. The highest BCUT2D eigenvalue weighted by Crippen LogP contribution is 2.30. The largest absolute Gasteiger partial charge is 0.437 e. The number of oxazole rings is 1. The molecule has 6 heteroatoms. The van der Waals surface area contributed by atoms with Crippen LogP contribution in [0, 0.1) is 6.92 Å². The molecule has 2 heterocycles. The first-order valence-corrected chi connectivity index (χ1v) is 7.77. The van der Waals surface area contributed by atoms with Crippen LogP contribution in [0.2, 0.25) is 10.0 Å². The number of anilines is 1. The molecule has 0 aliphatic carbocycles. The average Bonchev–Trinajstić information content (AvgIpc) is 2.96. The van der Waals surface area contributed by atoms with E-state index in [4.69, 9.17) is 27.6 Å². The maximum atomic E-state index is 6.10. The van der Waals surface area contributed by atoms with Gasteiger partial charge in [-0.3, -0.25) is 4.98 Å². The maximum Gasteiger partial charge on any atom is 0.214 e. The first kappa shape index (κ1) is 15.1. The molecule has 1 N–H and O–H groups in total. The van der Waals surface area contributed by atoms with Gasteiger partial charge in [-0.2, -0.15) is 0 Å². The number of hydrogen-bond acceptors (Lipinski definition) is 4. The number of nitrogens with zero attached hydrogens (tertiary/aromatic N) is 2. The molecule has 0 atom stereocenters. The second-order valence-corrected chi connectivity index (χ2v) is 5.80. The second-order valence-electron chi connectivity index (χ2n) is 4.99. The summed E-state index contributed by atoms with van der Waals surface area (Å²) < 4.78 is 5.67. The SMILES string of the molecule is CCc1cc(NCc2nc3c(Cl)ccc(Cl)c3o2)cnc1C. The third-order valence-corrected chi connectivity index (χ3v) is 4.11. The molecule has 22 heavy (non-hydrogen) atoms. The van der Waals surface area contributed by atoms with Crippen LogP contribution in [0.15, 0.2) is 28.8 Å². The van der Waals surface area contributed by atoms with Gasteiger partial charge in [-0.05, 0) is 37.1 Å². The van der Waals surface area contributed by atoms with Gasteiger partial charge in [-0.25, -0.2) is 4.98 Å². The fourth-order valence-electron chi connectivity index (χ4n) is 2.28. The van der Waals surface area contributed by atoms with Crippen molar-refractivity contribution < 1.29 is 4.42 Å². The van der Waals surface area contributed by atoms with E-state index >= 15 is 0 Å².